The van der Waals surface area contributed by atoms with Crippen LogP contribution in [0.15, 0.2) is 5.38 Å². The Balaban J connectivity index is 2.33. The Morgan fingerprint density at radius 1 is 1.19 bits per heavy atom. The highest BCUT2D eigenvalue weighted by atomic mass is 35.5. The first kappa shape index (κ1) is 16.4. The van der Waals surface area contributed by atoms with Crippen LogP contribution in [0.5, 0.6) is 0 Å². The van der Waals surface area contributed by atoms with Crippen molar-refractivity contribution in [3.63, 3.8) is 0 Å². The summed E-state index contributed by atoms with van der Waals surface area (Å²) in [4.78, 5) is 13.8. The molecule has 2 aromatic rings. The molecular weight excluding hydrogens is 302 g/mol. The molecule has 0 aliphatic rings. The summed E-state index contributed by atoms with van der Waals surface area (Å²) in [5, 5.41) is 3.76. The van der Waals surface area contributed by atoms with Crippen molar-refractivity contribution in [1.82, 2.24) is 15.0 Å². The third kappa shape index (κ3) is 3.80. The first-order chi connectivity index (χ1) is 9.68. The number of hydrogen-bond acceptors (Lipinski definition) is 4. The van der Waals surface area contributed by atoms with Crippen LogP contribution >= 0.6 is 22.9 Å². The molecule has 0 amide bonds. The zero-order valence-corrected chi connectivity index (χ0v) is 15.1. The summed E-state index contributed by atoms with van der Waals surface area (Å²) in [5.41, 5.74) is 3.14. The van der Waals surface area contributed by atoms with E-state index in [4.69, 9.17) is 16.6 Å². The second-order valence-corrected chi connectivity index (χ2v) is 7.95. The lowest BCUT2D eigenvalue weighted by atomic mass is 9.93. The van der Waals surface area contributed by atoms with E-state index in [-0.39, 0.29) is 11.3 Å². The summed E-state index contributed by atoms with van der Waals surface area (Å²) in [6.07, 6.45) is 0.717. The molecule has 2 heterocycles. The van der Waals surface area contributed by atoms with E-state index in [1.165, 1.54) is 0 Å². The molecule has 2 aromatic heterocycles. The molecule has 0 aliphatic carbocycles. The molecule has 0 N–H and O–H groups in total. The number of halogens is 1. The Kier molecular flexibility index (Phi) is 4.69. The predicted molar refractivity (Wildman–Crippen MR) is 89.5 cm³/mol. The summed E-state index contributed by atoms with van der Waals surface area (Å²) >= 11 is 7.92. The molecule has 2 rings (SSSR count). The number of rotatable bonds is 3. The fourth-order valence-electron chi connectivity index (χ4n) is 1.86. The molecule has 0 saturated heterocycles. The maximum atomic E-state index is 6.24. The zero-order valence-electron chi connectivity index (χ0n) is 13.5. The average Bonchev–Trinajstić information content (AvgIpc) is 2.82. The van der Waals surface area contributed by atoms with Gasteiger partial charge in [0.2, 0.25) is 0 Å². The van der Waals surface area contributed by atoms with Crippen LogP contribution in [0, 0.1) is 6.92 Å². The zero-order chi connectivity index (χ0) is 15.8. The minimum Gasteiger partial charge on any atom is -0.245 e. The number of thiazole rings is 1. The highest BCUT2D eigenvalue weighted by Gasteiger charge is 2.19. The number of hydrogen-bond donors (Lipinski definition) is 0. The van der Waals surface area contributed by atoms with Crippen LogP contribution in [0.3, 0.4) is 0 Å². The molecular formula is C16H22ClN3S. The quantitative estimate of drug-likeness (QED) is 0.753. The molecule has 0 fully saturated rings. The topological polar surface area (TPSA) is 38.7 Å². The molecule has 0 atom stereocenters. The number of aromatic nitrogens is 3. The van der Waals surface area contributed by atoms with Crippen LogP contribution in [0.4, 0.5) is 0 Å². The maximum absolute atomic E-state index is 6.24. The Morgan fingerprint density at radius 2 is 1.86 bits per heavy atom. The minimum absolute atomic E-state index is 0.0796. The van der Waals surface area contributed by atoms with E-state index in [2.05, 4.69) is 50.0 Å². The van der Waals surface area contributed by atoms with Gasteiger partial charge in [0.25, 0.3) is 0 Å². The first-order valence-electron chi connectivity index (χ1n) is 7.16. The molecule has 5 heteroatoms. The van der Waals surface area contributed by atoms with Gasteiger partial charge in [-0.15, -0.1) is 11.3 Å². The van der Waals surface area contributed by atoms with Crippen molar-refractivity contribution < 1.29 is 0 Å². The van der Waals surface area contributed by atoms with E-state index in [1.54, 1.807) is 11.3 Å². The monoisotopic (exact) mass is 323 g/mol. The molecule has 0 bridgehead atoms. The van der Waals surface area contributed by atoms with Crippen molar-refractivity contribution in [1.29, 1.82) is 0 Å². The fourth-order valence-corrected chi connectivity index (χ4v) is 3.08. The van der Waals surface area contributed by atoms with Gasteiger partial charge in [-0.25, -0.2) is 15.0 Å². The molecule has 0 radical (unpaired) electrons. The van der Waals surface area contributed by atoms with Crippen LogP contribution in [0.2, 0.25) is 5.15 Å². The van der Waals surface area contributed by atoms with E-state index < -0.39 is 0 Å². The fraction of sp³-hybridized carbons (Fsp3) is 0.562. The lowest BCUT2D eigenvalue weighted by Crippen LogP contribution is -2.11. The summed E-state index contributed by atoms with van der Waals surface area (Å²) in [6, 6.07) is 0. The van der Waals surface area contributed by atoms with Gasteiger partial charge in [0, 0.05) is 28.7 Å². The summed E-state index contributed by atoms with van der Waals surface area (Å²) < 4.78 is 0. The standard InChI is InChI=1S/C16H22ClN3S/c1-9(2)15-18-11(10(3)14(17)20-15)7-13-19-12(8-21-13)16(4,5)6/h8-9H,7H2,1-6H3. The lowest BCUT2D eigenvalue weighted by molar-refractivity contribution is 0.571. The van der Waals surface area contributed by atoms with Crippen molar-refractivity contribution in [2.24, 2.45) is 0 Å². The van der Waals surface area contributed by atoms with Gasteiger partial charge in [0.05, 0.1) is 16.4 Å². The van der Waals surface area contributed by atoms with Gasteiger partial charge in [0.15, 0.2) is 0 Å². The molecule has 0 saturated carbocycles. The van der Waals surface area contributed by atoms with E-state index in [1.807, 2.05) is 6.92 Å². The van der Waals surface area contributed by atoms with E-state index >= 15 is 0 Å². The van der Waals surface area contributed by atoms with Gasteiger partial charge in [0.1, 0.15) is 11.0 Å². The maximum Gasteiger partial charge on any atom is 0.135 e. The van der Waals surface area contributed by atoms with Crippen LogP contribution in [0.1, 0.15) is 68.3 Å². The Morgan fingerprint density at radius 3 is 2.38 bits per heavy atom. The lowest BCUT2D eigenvalue weighted by Gasteiger charge is -2.14. The van der Waals surface area contributed by atoms with Crippen molar-refractivity contribution in [2.75, 3.05) is 0 Å². The highest BCUT2D eigenvalue weighted by Crippen LogP contribution is 2.26. The van der Waals surface area contributed by atoms with E-state index in [0.717, 1.165) is 27.8 Å². The second kappa shape index (κ2) is 6.01. The average molecular weight is 324 g/mol. The Bertz CT molecular complexity index is 641. The van der Waals surface area contributed by atoms with Crippen LogP contribution in [-0.4, -0.2) is 15.0 Å². The van der Waals surface area contributed by atoms with Crippen LogP contribution < -0.4 is 0 Å². The molecule has 21 heavy (non-hydrogen) atoms. The van der Waals surface area contributed by atoms with E-state index in [0.29, 0.717) is 11.6 Å². The molecule has 114 valence electrons. The molecule has 0 spiro atoms. The highest BCUT2D eigenvalue weighted by molar-refractivity contribution is 7.09. The minimum atomic E-state index is 0.0796. The van der Waals surface area contributed by atoms with Crippen LogP contribution in [-0.2, 0) is 11.8 Å². The third-order valence-corrected chi connectivity index (χ3v) is 4.58. The molecule has 0 unspecified atom stereocenters. The van der Waals surface area contributed by atoms with Gasteiger partial charge in [-0.2, -0.15) is 0 Å². The van der Waals surface area contributed by atoms with Crippen LogP contribution in [0.25, 0.3) is 0 Å². The summed E-state index contributed by atoms with van der Waals surface area (Å²) in [5.74, 6) is 1.07. The third-order valence-electron chi connectivity index (χ3n) is 3.36. The van der Waals surface area contributed by atoms with Gasteiger partial charge in [-0.1, -0.05) is 46.2 Å². The van der Waals surface area contributed by atoms with Gasteiger partial charge in [-0.3, -0.25) is 0 Å². The SMILES string of the molecule is Cc1c(Cl)nc(C(C)C)nc1Cc1nc(C(C)(C)C)cs1. The normalized spacial score (nSPS) is 12.2. The summed E-state index contributed by atoms with van der Waals surface area (Å²) in [6.45, 7) is 12.7. The van der Waals surface area contributed by atoms with Gasteiger partial charge < -0.3 is 0 Å². The predicted octanol–water partition coefficient (Wildman–Crippen LogP) is 4.91. The smallest absolute Gasteiger partial charge is 0.135 e. The number of nitrogens with zero attached hydrogens (tertiary/aromatic N) is 3. The summed E-state index contributed by atoms with van der Waals surface area (Å²) in [7, 11) is 0. The van der Waals surface area contributed by atoms with E-state index in [9.17, 15) is 0 Å². The molecule has 3 nitrogen and oxygen atoms in total. The van der Waals surface area contributed by atoms with Crippen molar-refractivity contribution in [2.45, 2.75) is 59.3 Å². The van der Waals surface area contributed by atoms with Gasteiger partial charge in [-0.05, 0) is 6.92 Å². The second-order valence-electron chi connectivity index (χ2n) is 6.65. The van der Waals surface area contributed by atoms with Crippen molar-refractivity contribution >= 4 is 22.9 Å². The Labute approximate surface area is 135 Å². The molecule has 0 aromatic carbocycles. The Hall–Kier alpha value is -1.000. The largest absolute Gasteiger partial charge is 0.245 e. The van der Waals surface area contributed by atoms with Gasteiger partial charge >= 0.3 is 0 Å². The molecule has 0 aliphatic heterocycles. The van der Waals surface area contributed by atoms with Crippen molar-refractivity contribution in [3.05, 3.63) is 38.3 Å². The first-order valence-corrected chi connectivity index (χ1v) is 8.42. The van der Waals surface area contributed by atoms with Crippen molar-refractivity contribution in [3.8, 4) is 0 Å².